The largest absolute Gasteiger partial charge is 0.481 e. The molecule has 3 N–H and O–H groups in total. The maximum absolute atomic E-state index is 10.6. The molecule has 3 rings (SSSR count). The van der Waals surface area contributed by atoms with E-state index in [1.165, 1.54) is 0 Å². The smallest absolute Gasteiger partial charge is 0.303 e. The number of rotatable bonds is 7. The number of anilines is 2. The van der Waals surface area contributed by atoms with Crippen LogP contribution in [0.25, 0.3) is 0 Å². The van der Waals surface area contributed by atoms with Crippen LogP contribution in [0.15, 0.2) is 78.9 Å². The lowest BCUT2D eigenvalue weighted by Crippen LogP contribution is -2.02. The molecule has 4 heteroatoms. The minimum absolute atomic E-state index is 0.135. The van der Waals surface area contributed by atoms with Gasteiger partial charge in [-0.05, 0) is 41.8 Å². The Hall–Kier alpha value is -3.40. The van der Waals surface area contributed by atoms with Crippen LogP contribution in [0.1, 0.15) is 23.1 Å². The molecule has 0 heterocycles. The number of aliphatic carboxylic acids is 1. The molecule has 0 aliphatic heterocycles. The predicted molar refractivity (Wildman–Crippen MR) is 104 cm³/mol. The molecule has 0 bridgehead atoms. The molecule has 0 spiro atoms. The van der Waals surface area contributed by atoms with Gasteiger partial charge < -0.3 is 10.4 Å². The SMILES string of the molecule is N=C(c1ccccc1)c1cccc(Nc2ccc(CCC(=O)O)cc2)c1. The zero-order chi connectivity index (χ0) is 18.4. The fourth-order valence-corrected chi connectivity index (χ4v) is 2.70. The summed E-state index contributed by atoms with van der Waals surface area (Å²) in [4.78, 5) is 10.6. The maximum Gasteiger partial charge on any atom is 0.303 e. The van der Waals surface area contributed by atoms with E-state index in [9.17, 15) is 4.79 Å². The minimum atomic E-state index is -0.787. The molecule has 0 radical (unpaired) electrons. The predicted octanol–water partition coefficient (Wildman–Crippen LogP) is 4.86. The Morgan fingerprint density at radius 2 is 1.54 bits per heavy atom. The Labute approximate surface area is 152 Å². The Bertz CT molecular complexity index is 903. The molecular formula is C22H20N2O2. The molecule has 3 aromatic rings. The minimum Gasteiger partial charge on any atom is -0.481 e. The van der Waals surface area contributed by atoms with Crippen LogP contribution in [-0.4, -0.2) is 16.8 Å². The summed E-state index contributed by atoms with van der Waals surface area (Å²) in [5.41, 5.74) is 5.04. The van der Waals surface area contributed by atoms with Crippen molar-refractivity contribution in [2.75, 3.05) is 5.32 Å². The van der Waals surface area contributed by atoms with Crippen molar-refractivity contribution in [3.63, 3.8) is 0 Å². The van der Waals surface area contributed by atoms with Crippen LogP contribution in [0.4, 0.5) is 11.4 Å². The summed E-state index contributed by atoms with van der Waals surface area (Å²) in [5.74, 6) is -0.787. The highest BCUT2D eigenvalue weighted by Gasteiger charge is 2.05. The van der Waals surface area contributed by atoms with Crippen LogP contribution in [-0.2, 0) is 11.2 Å². The Balaban J connectivity index is 1.71. The maximum atomic E-state index is 10.6. The summed E-state index contributed by atoms with van der Waals surface area (Å²) < 4.78 is 0. The molecule has 130 valence electrons. The number of nitrogens with one attached hydrogen (secondary N) is 2. The second-order valence-corrected chi connectivity index (χ2v) is 6.04. The number of hydrogen-bond acceptors (Lipinski definition) is 3. The van der Waals surface area contributed by atoms with E-state index in [0.29, 0.717) is 12.1 Å². The third-order valence-electron chi connectivity index (χ3n) is 4.08. The second-order valence-electron chi connectivity index (χ2n) is 6.04. The molecule has 4 nitrogen and oxygen atoms in total. The first-order chi connectivity index (χ1) is 12.6. The first-order valence-corrected chi connectivity index (χ1v) is 8.44. The van der Waals surface area contributed by atoms with Crippen LogP contribution >= 0.6 is 0 Å². The molecule has 26 heavy (non-hydrogen) atoms. The van der Waals surface area contributed by atoms with Crippen molar-refractivity contribution < 1.29 is 9.90 Å². The molecule has 0 aliphatic carbocycles. The monoisotopic (exact) mass is 344 g/mol. The van der Waals surface area contributed by atoms with E-state index in [1.54, 1.807) is 0 Å². The molecule has 0 aliphatic rings. The zero-order valence-corrected chi connectivity index (χ0v) is 14.3. The standard InChI is InChI=1S/C22H20N2O2/c23-22(17-5-2-1-3-6-17)18-7-4-8-20(15-18)24-19-12-9-16(10-13-19)11-14-21(25)26/h1-10,12-13,15,23-24H,11,14H2,(H,25,26). The van der Waals surface area contributed by atoms with Gasteiger partial charge in [0.2, 0.25) is 0 Å². The van der Waals surface area contributed by atoms with Crippen LogP contribution in [0.2, 0.25) is 0 Å². The first kappa shape index (κ1) is 17.4. The van der Waals surface area contributed by atoms with E-state index in [1.807, 2.05) is 78.9 Å². The van der Waals surface area contributed by atoms with Crippen molar-refractivity contribution in [2.24, 2.45) is 0 Å². The zero-order valence-electron chi connectivity index (χ0n) is 14.3. The first-order valence-electron chi connectivity index (χ1n) is 8.44. The van der Waals surface area contributed by atoms with E-state index in [0.717, 1.165) is 28.1 Å². The van der Waals surface area contributed by atoms with Gasteiger partial charge in [0.15, 0.2) is 0 Å². The topological polar surface area (TPSA) is 73.2 Å². The normalized spacial score (nSPS) is 10.3. The molecule has 0 saturated carbocycles. The average molecular weight is 344 g/mol. The van der Waals surface area contributed by atoms with E-state index in [4.69, 9.17) is 10.5 Å². The molecule has 0 atom stereocenters. The Morgan fingerprint density at radius 1 is 0.846 bits per heavy atom. The summed E-state index contributed by atoms with van der Waals surface area (Å²) in [6.45, 7) is 0. The molecule has 0 amide bonds. The molecule has 0 aromatic heterocycles. The van der Waals surface area contributed by atoms with Gasteiger partial charge in [-0.1, -0.05) is 54.6 Å². The van der Waals surface area contributed by atoms with Crippen molar-refractivity contribution >= 4 is 23.1 Å². The molecule has 0 fully saturated rings. The van der Waals surface area contributed by atoms with Crippen molar-refractivity contribution in [3.8, 4) is 0 Å². The highest BCUT2D eigenvalue weighted by atomic mass is 16.4. The van der Waals surface area contributed by atoms with Gasteiger partial charge in [0.05, 0.1) is 5.71 Å². The summed E-state index contributed by atoms with van der Waals surface area (Å²) in [5, 5.41) is 20.5. The number of carbonyl (C=O) groups is 1. The number of aryl methyl sites for hydroxylation is 1. The summed E-state index contributed by atoms with van der Waals surface area (Å²) >= 11 is 0. The lowest BCUT2D eigenvalue weighted by atomic mass is 10.0. The van der Waals surface area contributed by atoms with Gasteiger partial charge in [0.25, 0.3) is 0 Å². The third kappa shape index (κ3) is 4.57. The molecule has 0 unspecified atom stereocenters. The lowest BCUT2D eigenvalue weighted by Gasteiger charge is -2.10. The van der Waals surface area contributed by atoms with E-state index < -0.39 is 5.97 Å². The summed E-state index contributed by atoms with van der Waals surface area (Å²) in [6.07, 6.45) is 0.662. The number of benzene rings is 3. The van der Waals surface area contributed by atoms with E-state index in [2.05, 4.69) is 5.32 Å². The highest BCUT2D eigenvalue weighted by Crippen LogP contribution is 2.20. The second kappa shape index (κ2) is 8.12. The van der Waals surface area contributed by atoms with Crippen LogP contribution in [0, 0.1) is 5.41 Å². The van der Waals surface area contributed by atoms with Gasteiger partial charge in [0.1, 0.15) is 0 Å². The van der Waals surface area contributed by atoms with Crippen molar-refractivity contribution in [3.05, 3.63) is 95.6 Å². The van der Waals surface area contributed by atoms with Crippen molar-refractivity contribution in [1.82, 2.24) is 0 Å². The summed E-state index contributed by atoms with van der Waals surface area (Å²) in [7, 11) is 0. The van der Waals surface area contributed by atoms with E-state index in [-0.39, 0.29) is 6.42 Å². The van der Waals surface area contributed by atoms with Gasteiger partial charge >= 0.3 is 5.97 Å². The van der Waals surface area contributed by atoms with Crippen molar-refractivity contribution in [1.29, 1.82) is 5.41 Å². The number of hydrogen-bond donors (Lipinski definition) is 3. The third-order valence-corrected chi connectivity index (χ3v) is 4.08. The van der Waals surface area contributed by atoms with Crippen molar-refractivity contribution in [2.45, 2.75) is 12.8 Å². The van der Waals surface area contributed by atoms with Gasteiger partial charge in [-0.25, -0.2) is 0 Å². The Morgan fingerprint density at radius 3 is 2.23 bits per heavy atom. The van der Waals surface area contributed by atoms with Gasteiger partial charge in [-0.3, -0.25) is 10.2 Å². The van der Waals surface area contributed by atoms with Crippen LogP contribution in [0.3, 0.4) is 0 Å². The van der Waals surface area contributed by atoms with Crippen LogP contribution in [0.5, 0.6) is 0 Å². The molecular weight excluding hydrogens is 324 g/mol. The summed E-state index contributed by atoms with van der Waals surface area (Å²) in [6, 6.07) is 25.2. The molecule has 0 saturated heterocycles. The number of carboxylic acid groups (broad SMARTS) is 1. The van der Waals surface area contributed by atoms with Gasteiger partial charge in [-0.15, -0.1) is 0 Å². The number of carboxylic acids is 1. The Kier molecular flexibility index (Phi) is 5.44. The van der Waals surface area contributed by atoms with E-state index >= 15 is 0 Å². The van der Waals surface area contributed by atoms with Crippen LogP contribution < -0.4 is 5.32 Å². The average Bonchev–Trinajstić information content (AvgIpc) is 2.68. The van der Waals surface area contributed by atoms with Gasteiger partial charge in [-0.2, -0.15) is 0 Å². The fraction of sp³-hybridized carbons (Fsp3) is 0.0909. The fourth-order valence-electron chi connectivity index (χ4n) is 2.70. The highest BCUT2D eigenvalue weighted by molar-refractivity contribution is 6.11. The lowest BCUT2D eigenvalue weighted by molar-refractivity contribution is -0.136. The quantitative estimate of drug-likeness (QED) is 0.536. The van der Waals surface area contributed by atoms with Gasteiger partial charge in [0, 0.05) is 23.4 Å². The molecule has 3 aromatic carbocycles.